The molecule has 4 aliphatic carbocycles. The van der Waals surface area contributed by atoms with E-state index in [9.17, 15) is 9.59 Å². The molecule has 3 amide bonds. The van der Waals surface area contributed by atoms with Crippen molar-refractivity contribution in [3.05, 3.63) is 0 Å². The topological polar surface area (TPSA) is 75.4 Å². The molecule has 0 radical (unpaired) electrons. The molecule has 0 atom stereocenters. The number of hydrogen-bond acceptors (Lipinski definition) is 3. The van der Waals surface area contributed by atoms with Gasteiger partial charge in [-0.2, -0.15) is 0 Å². The smallest absolute Gasteiger partial charge is 0.324 e. The molecule has 0 spiro atoms. The fourth-order valence-electron chi connectivity index (χ4n) is 5.09. The van der Waals surface area contributed by atoms with Crippen LogP contribution in [0.5, 0.6) is 0 Å². The molecular formula is C15H25N3O2. The molecule has 4 rings (SSSR count). The normalized spacial score (nSPS) is 37.8. The van der Waals surface area contributed by atoms with Gasteiger partial charge in [0.25, 0.3) is 0 Å². The average molecular weight is 279 g/mol. The molecule has 0 aromatic rings. The predicted molar refractivity (Wildman–Crippen MR) is 75.9 cm³/mol. The molecule has 0 heterocycles. The van der Waals surface area contributed by atoms with Gasteiger partial charge in [0.2, 0.25) is 5.91 Å². The van der Waals surface area contributed by atoms with E-state index in [1.165, 1.54) is 31.1 Å². The SMILES string of the molecule is CC(=O)N(CCN)C(=O)NC12CC3CC(CC(C3)C1)C2. The van der Waals surface area contributed by atoms with Crippen molar-refractivity contribution in [1.82, 2.24) is 10.2 Å². The molecule has 20 heavy (non-hydrogen) atoms. The lowest BCUT2D eigenvalue weighted by Gasteiger charge is -2.57. The number of nitrogens with one attached hydrogen (secondary N) is 1. The van der Waals surface area contributed by atoms with Gasteiger partial charge in [0, 0.05) is 25.6 Å². The second-order valence-corrected chi connectivity index (χ2v) is 7.09. The standard InChI is InChI=1S/C15H25N3O2/c1-10(19)18(3-2-16)14(20)17-15-7-11-4-12(8-15)6-13(5-11)9-15/h11-13H,2-9,16H2,1H3,(H,17,20). The maximum Gasteiger partial charge on any atom is 0.324 e. The monoisotopic (exact) mass is 279 g/mol. The average Bonchev–Trinajstić information content (AvgIpc) is 2.32. The van der Waals surface area contributed by atoms with Gasteiger partial charge in [0.05, 0.1) is 0 Å². The highest BCUT2D eigenvalue weighted by atomic mass is 16.2. The highest BCUT2D eigenvalue weighted by Crippen LogP contribution is 2.55. The van der Waals surface area contributed by atoms with Crippen LogP contribution in [0, 0.1) is 17.8 Å². The van der Waals surface area contributed by atoms with E-state index in [0.717, 1.165) is 37.0 Å². The number of nitrogens with two attached hydrogens (primary N) is 1. The molecule has 5 heteroatoms. The summed E-state index contributed by atoms with van der Waals surface area (Å²) in [6.45, 7) is 2.04. The van der Waals surface area contributed by atoms with Crippen LogP contribution in [0.15, 0.2) is 0 Å². The van der Waals surface area contributed by atoms with Gasteiger partial charge < -0.3 is 11.1 Å². The number of carbonyl (C=O) groups excluding carboxylic acids is 2. The van der Waals surface area contributed by atoms with Crippen molar-refractivity contribution < 1.29 is 9.59 Å². The van der Waals surface area contributed by atoms with E-state index in [1.54, 1.807) is 0 Å². The maximum atomic E-state index is 12.4. The zero-order valence-corrected chi connectivity index (χ0v) is 12.2. The summed E-state index contributed by atoms with van der Waals surface area (Å²) in [7, 11) is 0. The van der Waals surface area contributed by atoms with Crippen LogP contribution in [-0.2, 0) is 4.79 Å². The van der Waals surface area contributed by atoms with Gasteiger partial charge in [0.15, 0.2) is 0 Å². The van der Waals surface area contributed by atoms with Crippen molar-refractivity contribution in [2.75, 3.05) is 13.1 Å². The van der Waals surface area contributed by atoms with Gasteiger partial charge >= 0.3 is 6.03 Å². The summed E-state index contributed by atoms with van der Waals surface area (Å²) < 4.78 is 0. The van der Waals surface area contributed by atoms with Gasteiger partial charge in [-0.15, -0.1) is 0 Å². The lowest BCUT2D eigenvalue weighted by molar-refractivity contribution is -0.126. The van der Waals surface area contributed by atoms with Crippen LogP contribution >= 0.6 is 0 Å². The zero-order chi connectivity index (χ0) is 14.3. The number of carbonyl (C=O) groups is 2. The second kappa shape index (κ2) is 5.02. The molecule has 0 aliphatic heterocycles. The highest BCUT2D eigenvalue weighted by Gasteiger charge is 2.51. The lowest BCUT2D eigenvalue weighted by Crippen LogP contribution is -2.62. The van der Waals surface area contributed by atoms with E-state index in [0.29, 0.717) is 13.1 Å². The molecule has 0 aromatic heterocycles. The molecule has 5 nitrogen and oxygen atoms in total. The third kappa shape index (κ3) is 2.43. The minimum atomic E-state index is -0.245. The van der Waals surface area contributed by atoms with Crippen LogP contribution in [0.2, 0.25) is 0 Å². The van der Waals surface area contributed by atoms with Gasteiger partial charge in [0.1, 0.15) is 0 Å². The number of nitrogens with zero attached hydrogens (tertiary/aromatic N) is 1. The van der Waals surface area contributed by atoms with Crippen molar-refractivity contribution in [1.29, 1.82) is 0 Å². The maximum absolute atomic E-state index is 12.4. The molecule has 0 unspecified atom stereocenters. The second-order valence-electron chi connectivity index (χ2n) is 7.09. The first kappa shape index (κ1) is 13.9. The number of rotatable bonds is 3. The molecule has 4 saturated carbocycles. The Bertz CT molecular complexity index is 386. The summed E-state index contributed by atoms with van der Waals surface area (Å²) in [6, 6.07) is -0.245. The molecular weight excluding hydrogens is 254 g/mol. The largest absolute Gasteiger partial charge is 0.332 e. The number of hydrogen-bond donors (Lipinski definition) is 2. The van der Waals surface area contributed by atoms with E-state index in [-0.39, 0.29) is 17.5 Å². The Balaban J connectivity index is 1.70. The quantitative estimate of drug-likeness (QED) is 0.821. The Labute approximate surface area is 120 Å². The number of imide groups is 1. The lowest BCUT2D eigenvalue weighted by atomic mass is 9.53. The van der Waals surface area contributed by atoms with Crippen LogP contribution in [-0.4, -0.2) is 35.5 Å². The van der Waals surface area contributed by atoms with Crippen molar-refractivity contribution >= 4 is 11.9 Å². The predicted octanol–water partition coefficient (Wildman–Crippen LogP) is 1.47. The van der Waals surface area contributed by atoms with E-state index >= 15 is 0 Å². The summed E-state index contributed by atoms with van der Waals surface area (Å²) in [5.41, 5.74) is 5.44. The fraction of sp³-hybridized carbons (Fsp3) is 0.867. The van der Waals surface area contributed by atoms with Crippen LogP contribution in [0.4, 0.5) is 4.79 Å². The van der Waals surface area contributed by atoms with Gasteiger partial charge in [-0.3, -0.25) is 9.69 Å². The number of urea groups is 1. The van der Waals surface area contributed by atoms with Crippen molar-refractivity contribution in [2.45, 2.75) is 51.0 Å². The Morgan fingerprint density at radius 3 is 2.05 bits per heavy atom. The third-order valence-electron chi connectivity index (χ3n) is 5.39. The molecule has 4 aliphatic rings. The Morgan fingerprint density at radius 1 is 1.15 bits per heavy atom. The van der Waals surface area contributed by atoms with Gasteiger partial charge in [-0.1, -0.05) is 0 Å². The minimum Gasteiger partial charge on any atom is -0.332 e. The molecule has 4 bridgehead atoms. The Hall–Kier alpha value is -1.10. The number of amides is 3. The molecule has 0 aromatic carbocycles. The van der Waals surface area contributed by atoms with Crippen LogP contribution < -0.4 is 11.1 Å². The summed E-state index contributed by atoms with van der Waals surface area (Å²) >= 11 is 0. The van der Waals surface area contributed by atoms with E-state index in [1.807, 2.05) is 0 Å². The Kier molecular flexibility index (Phi) is 3.48. The molecule has 4 fully saturated rings. The minimum absolute atomic E-state index is 0.0475. The first-order chi connectivity index (χ1) is 9.51. The van der Waals surface area contributed by atoms with Gasteiger partial charge in [-0.25, -0.2) is 4.79 Å². The molecule has 0 saturated heterocycles. The molecule has 112 valence electrons. The van der Waals surface area contributed by atoms with Gasteiger partial charge in [-0.05, 0) is 56.3 Å². The highest BCUT2D eigenvalue weighted by molar-refractivity contribution is 5.93. The Morgan fingerprint density at radius 2 is 1.65 bits per heavy atom. The third-order valence-corrected chi connectivity index (χ3v) is 5.39. The first-order valence-corrected chi connectivity index (χ1v) is 7.81. The fourth-order valence-corrected chi connectivity index (χ4v) is 5.09. The summed E-state index contributed by atoms with van der Waals surface area (Å²) in [5, 5.41) is 3.20. The van der Waals surface area contributed by atoms with Crippen molar-refractivity contribution in [3.8, 4) is 0 Å². The van der Waals surface area contributed by atoms with Crippen LogP contribution in [0.1, 0.15) is 45.4 Å². The summed E-state index contributed by atoms with van der Waals surface area (Å²) in [4.78, 5) is 25.2. The van der Waals surface area contributed by atoms with E-state index in [4.69, 9.17) is 5.73 Å². The molecule has 3 N–H and O–H groups in total. The van der Waals surface area contributed by atoms with E-state index in [2.05, 4.69) is 5.32 Å². The zero-order valence-electron chi connectivity index (χ0n) is 12.2. The van der Waals surface area contributed by atoms with Crippen LogP contribution in [0.3, 0.4) is 0 Å². The van der Waals surface area contributed by atoms with E-state index < -0.39 is 0 Å². The van der Waals surface area contributed by atoms with Crippen LogP contribution in [0.25, 0.3) is 0 Å². The van der Waals surface area contributed by atoms with Crippen molar-refractivity contribution in [2.24, 2.45) is 23.5 Å². The summed E-state index contributed by atoms with van der Waals surface area (Å²) in [6.07, 6.45) is 7.31. The first-order valence-electron chi connectivity index (χ1n) is 7.81. The van der Waals surface area contributed by atoms with Crippen molar-refractivity contribution in [3.63, 3.8) is 0 Å². The summed E-state index contributed by atoms with van der Waals surface area (Å²) in [5.74, 6) is 2.11.